The van der Waals surface area contributed by atoms with E-state index in [1.54, 1.807) is 13.8 Å². The van der Waals surface area contributed by atoms with Crippen LogP contribution in [0.3, 0.4) is 0 Å². The summed E-state index contributed by atoms with van der Waals surface area (Å²) in [6.07, 6.45) is 5.73. The maximum absolute atomic E-state index is 13.7. The van der Waals surface area contributed by atoms with Gasteiger partial charge in [-0.2, -0.15) is 10.5 Å². The van der Waals surface area contributed by atoms with Crippen molar-refractivity contribution in [2.45, 2.75) is 112 Å². The van der Waals surface area contributed by atoms with Crippen LogP contribution in [-0.4, -0.2) is 37.1 Å². The molecule has 1 aromatic rings. The number of ether oxygens (including phenoxy) is 4. The number of hydrogen-bond acceptors (Lipinski definition) is 14. The highest BCUT2D eigenvalue weighted by molar-refractivity contribution is 8.27. The molecule has 0 N–H and O–H groups in total. The minimum Gasteiger partial charge on any atom is -0.462 e. The molecule has 2 unspecified atom stereocenters. The van der Waals surface area contributed by atoms with Crippen molar-refractivity contribution in [3.05, 3.63) is 19.6 Å². The van der Waals surface area contributed by atoms with Gasteiger partial charge < -0.3 is 18.9 Å². The number of rotatable bonds is 16. The van der Waals surface area contributed by atoms with Crippen molar-refractivity contribution in [2.24, 2.45) is 11.8 Å². The van der Waals surface area contributed by atoms with Gasteiger partial charge in [0.15, 0.2) is 22.6 Å². The average molecular weight is 733 g/mol. The first-order valence-electron chi connectivity index (χ1n) is 16.2. The molecule has 48 heavy (non-hydrogen) atoms. The van der Waals surface area contributed by atoms with Crippen molar-refractivity contribution in [3.8, 4) is 23.6 Å². The molecule has 0 radical (unpaired) electrons. The van der Waals surface area contributed by atoms with Crippen LogP contribution in [-0.2, 0) is 28.7 Å². The predicted molar refractivity (Wildman–Crippen MR) is 186 cm³/mol. The number of fused-ring (bicyclic) bond motifs is 3. The van der Waals surface area contributed by atoms with Crippen molar-refractivity contribution in [2.75, 3.05) is 13.2 Å². The van der Waals surface area contributed by atoms with Crippen LogP contribution in [0.25, 0.3) is 0 Å². The molecule has 0 aliphatic carbocycles. The molecule has 0 saturated heterocycles. The van der Waals surface area contributed by atoms with Gasteiger partial charge in [-0.25, -0.2) is 9.59 Å². The molecule has 2 aliphatic heterocycles. The van der Waals surface area contributed by atoms with Gasteiger partial charge in [0.2, 0.25) is 0 Å². The molecule has 0 saturated carbocycles. The van der Waals surface area contributed by atoms with Gasteiger partial charge in [0.05, 0.1) is 43.3 Å². The number of nitriles is 2. The zero-order chi connectivity index (χ0) is 35.4. The standard InChI is InChI=1S/C34H40N2O8S4/c1-7-13-15-19(9-3)29(37)43-23-24(44-30(38)20(10-4)16-14-8-2)26-28(48-34(46-26)22(18-36)32(40)42-12-6)27-25(23)45-33(47-27)21(17-35)31(39)41-11-5/h19-20H,7-16H2,1-6H3/b33-21-,34-22-. The first-order chi connectivity index (χ1) is 23.1. The van der Waals surface area contributed by atoms with Gasteiger partial charge in [0.1, 0.15) is 12.1 Å². The number of carbonyl (C=O) groups is 4. The molecule has 10 nitrogen and oxygen atoms in total. The summed E-state index contributed by atoms with van der Waals surface area (Å²) in [6.45, 7) is 11.3. The Kier molecular flexibility index (Phi) is 15.8. The molecule has 3 rings (SSSR count). The number of thioether (sulfide) groups is 4. The van der Waals surface area contributed by atoms with Crippen molar-refractivity contribution >= 4 is 70.9 Å². The summed E-state index contributed by atoms with van der Waals surface area (Å²) in [5.41, 5.74) is -0.438. The van der Waals surface area contributed by atoms with Gasteiger partial charge in [0, 0.05) is 9.79 Å². The molecule has 1 aromatic carbocycles. The third kappa shape index (κ3) is 9.14. The molecule has 0 fully saturated rings. The third-order valence-electron chi connectivity index (χ3n) is 7.48. The van der Waals surface area contributed by atoms with Crippen molar-refractivity contribution in [1.82, 2.24) is 0 Å². The number of nitrogens with zero attached hydrogens (tertiary/aromatic N) is 2. The van der Waals surface area contributed by atoms with Gasteiger partial charge in [-0.05, 0) is 39.5 Å². The van der Waals surface area contributed by atoms with Gasteiger partial charge >= 0.3 is 23.9 Å². The molecule has 0 bridgehead atoms. The number of unbranched alkanes of at least 4 members (excludes halogenated alkanes) is 2. The van der Waals surface area contributed by atoms with Crippen LogP contribution in [0.2, 0.25) is 0 Å². The molecule has 2 atom stereocenters. The minimum absolute atomic E-state index is 0.0000316. The Morgan fingerprint density at radius 2 is 0.958 bits per heavy atom. The van der Waals surface area contributed by atoms with Gasteiger partial charge in [-0.1, -0.05) is 100 Å². The Morgan fingerprint density at radius 1 is 0.604 bits per heavy atom. The van der Waals surface area contributed by atoms with E-state index < -0.39 is 35.7 Å². The molecular weight excluding hydrogens is 693 g/mol. The smallest absolute Gasteiger partial charge is 0.350 e. The van der Waals surface area contributed by atoms with E-state index in [0.717, 1.165) is 72.7 Å². The molecule has 258 valence electrons. The first-order valence-corrected chi connectivity index (χ1v) is 19.4. The Balaban J connectivity index is 2.33. The Morgan fingerprint density at radius 3 is 1.25 bits per heavy atom. The lowest BCUT2D eigenvalue weighted by molar-refractivity contribution is -0.142. The molecule has 2 aliphatic rings. The summed E-state index contributed by atoms with van der Waals surface area (Å²) in [4.78, 5) is 54.8. The normalized spacial score (nSPS) is 16.4. The van der Waals surface area contributed by atoms with Crippen molar-refractivity contribution in [3.63, 3.8) is 0 Å². The van der Waals surface area contributed by atoms with Crippen LogP contribution in [0.5, 0.6) is 11.5 Å². The molecule has 0 aromatic heterocycles. The topological polar surface area (TPSA) is 153 Å². The number of benzene rings is 1. The van der Waals surface area contributed by atoms with E-state index >= 15 is 0 Å². The van der Waals surface area contributed by atoms with Crippen molar-refractivity contribution < 1.29 is 38.1 Å². The lowest BCUT2D eigenvalue weighted by Crippen LogP contribution is -2.23. The maximum atomic E-state index is 13.7. The van der Waals surface area contributed by atoms with Gasteiger partial charge in [0.25, 0.3) is 0 Å². The Labute approximate surface area is 299 Å². The van der Waals surface area contributed by atoms with Crippen LogP contribution < -0.4 is 9.47 Å². The zero-order valence-corrected chi connectivity index (χ0v) is 31.3. The molecule has 0 amide bonds. The summed E-state index contributed by atoms with van der Waals surface area (Å²) in [5, 5.41) is 19.9. The second kappa shape index (κ2) is 19.2. The highest BCUT2D eigenvalue weighted by atomic mass is 32.2. The number of carbonyl (C=O) groups excluding carboxylic acids is 4. The summed E-state index contributed by atoms with van der Waals surface area (Å²) >= 11 is 4.34. The fourth-order valence-electron chi connectivity index (χ4n) is 4.79. The van der Waals surface area contributed by atoms with Gasteiger partial charge in [-0.3, -0.25) is 9.59 Å². The highest BCUT2D eigenvalue weighted by Gasteiger charge is 2.42. The first kappa shape index (κ1) is 39.4. The fourth-order valence-corrected chi connectivity index (χ4v) is 10.3. The quantitative estimate of drug-likeness (QED) is 0.0688. The van der Waals surface area contributed by atoms with E-state index in [9.17, 15) is 29.7 Å². The van der Waals surface area contributed by atoms with E-state index in [0.29, 0.717) is 53.7 Å². The number of esters is 4. The number of hydrogen-bond donors (Lipinski definition) is 0. The Bertz CT molecular complexity index is 1460. The monoisotopic (exact) mass is 732 g/mol. The Hall–Kier alpha value is -3.04. The summed E-state index contributed by atoms with van der Waals surface area (Å²) in [6, 6.07) is 3.88. The highest BCUT2D eigenvalue weighted by Crippen LogP contribution is 2.68. The maximum Gasteiger partial charge on any atom is 0.350 e. The minimum atomic E-state index is -0.798. The third-order valence-corrected chi connectivity index (χ3v) is 12.8. The summed E-state index contributed by atoms with van der Waals surface area (Å²) < 4.78 is 23.2. The van der Waals surface area contributed by atoms with Crippen LogP contribution >= 0.6 is 47.0 Å². The zero-order valence-electron chi connectivity index (χ0n) is 28.0. The lowest BCUT2D eigenvalue weighted by atomic mass is 9.99. The molecule has 2 heterocycles. The second-order valence-corrected chi connectivity index (χ2v) is 15.3. The van der Waals surface area contributed by atoms with E-state index in [-0.39, 0.29) is 35.9 Å². The lowest BCUT2D eigenvalue weighted by Gasteiger charge is -2.21. The van der Waals surface area contributed by atoms with Gasteiger partial charge in [-0.15, -0.1) is 0 Å². The van der Waals surface area contributed by atoms with Crippen LogP contribution in [0.4, 0.5) is 0 Å². The second-order valence-electron chi connectivity index (χ2n) is 10.7. The molecule has 14 heteroatoms. The largest absolute Gasteiger partial charge is 0.462 e. The van der Waals surface area contributed by atoms with E-state index in [4.69, 9.17) is 18.9 Å². The summed E-state index contributed by atoms with van der Waals surface area (Å²) in [7, 11) is 0. The summed E-state index contributed by atoms with van der Waals surface area (Å²) in [5.74, 6) is -3.41. The van der Waals surface area contributed by atoms with E-state index in [1.165, 1.54) is 0 Å². The van der Waals surface area contributed by atoms with E-state index in [2.05, 4.69) is 0 Å². The average Bonchev–Trinajstić information content (AvgIpc) is 3.70. The van der Waals surface area contributed by atoms with Crippen molar-refractivity contribution in [1.29, 1.82) is 10.5 Å². The van der Waals surface area contributed by atoms with Crippen LogP contribution in [0.1, 0.15) is 92.9 Å². The van der Waals surface area contributed by atoms with Crippen LogP contribution in [0, 0.1) is 34.5 Å². The van der Waals surface area contributed by atoms with E-state index in [1.807, 2.05) is 39.8 Å². The predicted octanol–water partition coefficient (Wildman–Crippen LogP) is 8.92. The fraction of sp³-hybridized carbons (Fsp3) is 0.529. The van der Waals surface area contributed by atoms with Crippen LogP contribution in [0.15, 0.2) is 39.2 Å². The molecular formula is C34H40N2O8S4. The SMILES string of the molecule is CCCCC(CC)C(=O)Oc1c(OC(=O)C(CC)CCCC)c2c(c3c1S/C(=C(\C#N)C(=O)OCC)S3)S/C(=C(/C#N)C(=O)OCC)S2. The molecule has 0 spiro atoms.